The minimum Gasteiger partial charge on any atom is -0.445 e. The van der Waals surface area contributed by atoms with E-state index in [1.54, 1.807) is 50.2 Å². The lowest BCUT2D eigenvalue weighted by Crippen LogP contribution is -2.51. The van der Waals surface area contributed by atoms with E-state index in [1.165, 1.54) is 0 Å². The van der Waals surface area contributed by atoms with Crippen LogP contribution in [-0.2, 0) is 27.1 Å². The molecule has 31 heavy (non-hydrogen) atoms. The normalized spacial score (nSPS) is 13.3. The Bertz CT molecular complexity index is 885. The molecule has 0 bridgehead atoms. The van der Waals surface area contributed by atoms with E-state index in [-0.39, 0.29) is 25.4 Å². The summed E-state index contributed by atoms with van der Waals surface area (Å²) in [5.41, 5.74) is 1.57. The van der Waals surface area contributed by atoms with Crippen molar-refractivity contribution in [2.45, 2.75) is 45.1 Å². The highest BCUT2D eigenvalue weighted by atomic mass is 31.2. The maximum atomic E-state index is 12.9. The first-order valence-electron chi connectivity index (χ1n) is 10.0. The molecule has 4 N–H and O–H groups in total. The average molecular weight is 448 g/mol. The molecular weight excluding hydrogens is 419 g/mol. The third-order valence-corrected chi connectivity index (χ3v) is 5.67. The number of carbonyl (C=O) groups excluding carboxylic acids is 2. The second-order valence-electron chi connectivity index (χ2n) is 7.69. The van der Waals surface area contributed by atoms with Gasteiger partial charge < -0.3 is 25.2 Å². The Morgan fingerprint density at radius 1 is 0.935 bits per heavy atom. The summed E-state index contributed by atoms with van der Waals surface area (Å²) in [5.74, 6) is -2.07. The van der Waals surface area contributed by atoms with Gasteiger partial charge in [0.05, 0.1) is 0 Å². The third kappa shape index (κ3) is 8.92. The first-order chi connectivity index (χ1) is 14.6. The van der Waals surface area contributed by atoms with Gasteiger partial charge in [-0.2, -0.15) is 0 Å². The van der Waals surface area contributed by atoms with E-state index < -0.39 is 31.4 Å². The number of ether oxygens (including phenoxy) is 1. The predicted octanol–water partition coefficient (Wildman–Crippen LogP) is 3.19. The number of alkyl carbamates (subject to hydrolysis) is 1. The van der Waals surface area contributed by atoms with Crippen molar-refractivity contribution < 1.29 is 28.7 Å². The van der Waals surface area contributed by atoms with Crippen LogP contribution in [-0.4, -0.2) is 33.6 Å². The molecule has 2 aromatic carbocycles. The molecule has 0 heterocycles. The molecule has 0 aliphatic heterocycles. The number of nitrogens with one attached hydrogen (secondary N) is 2. The number of rotatable bonds is 10. The summed E-state index contributed by atoms with van der Waals surface area (Å²) in [6.45, 7) is 3.63. The topological polar surface area (TPSA) is 125 Å². The van der Waals surface area contributed by atoms with Gasteiger partial charge in [-0.05, 0) is 23.5 Å². The predicted molar refractivity (Wildman–Crippen MR) is 117 cm³/mol. The van der Waals surface area contributed by atoms with Gasteiger partial charge in [0.1, 0.15) is 18.4 Å². The number of benzene rings is 2. The fourth-order valence-electron chi connectivity index (χ4n) is 2.96. The van der Waals surface area contributed by atoms with Crippen molar-refractivity contribution in [3.05, 3.63) is 71.8 Å². The zero-order chi connectivity index (χ0) is 22.9. The lowest BCUT2D eigenvalue weighted by Gasteiger charge is -2.25. The minimum absolute atomic E-state index is 0.0325. The van der Waals surface area contributed by atoms with E-state index in [9.17, 15) is 23.9 Å². The lowest BCUT2D eigenvalue weighted by molar-refractivity contribution is -0.123. The van der Waals surface area contributed by atoms with E-state index in [0.29, 0.717) is 0 Å². The molecule has 0 unspecified atom stereocenters. The summed E-state index contributed by atoms with van der Waals surface area (Å²) in [5, 5.41) is 4.93. The van der Waals surface area contributed by atoms with Crippen LogP contribution in [0, 0.1) is 5.92 Å². The van der Waals surface area contributed by atoms with Gasteiger partial charge in [-0.15, -0.1) is 0 Å². The van der Waals surface area contributed by atoms with Gasteiger partial charge in [-0.3, -0.25) is 9.36 Å². The Balaban J connectivity index is 2.10. The molecule has 2 rings (SSSR count). The Morgan fingerprint density at radius 2 is 1.48 bits per heavy atom. The Labute approximate surface area is 182 Å². The highest BCUT2D eigenvalue weighted by Crippen LogP contribution is 2.42. The van der Waals surface area contributed by atoms with Crippen LogP contribution >= 0.6 is 7.60 Å². The Morgan fingerprint density at radius 3 is 2.00 bits per heavy atom. The van der Waals surface area contributed by atoms with Crippen molar-refractivity contribution in [1.82, 2.24) is 10.6 Å². The standard InChI is InChI=1S/C22H29N2O6P/c1-16(2)13-20(31(27,28)29)24-21(25)19(14-17-9-5-3-6-10-17)23-22(26)30-15-18-11-7-4-8-12-18/h3-12,16,19-20H,13-15H2,1-2H3,(H,23,26)(H,24,25)(H2,27,28,29)/t19-,20-/m0/s1. The quantitative estimate of drug-likeness (QED) is 0.414. The molecule has 0 aliphatic carbocycles. The number of hydrogen-bond donors (Lipinski definition) is 4. The van der Waals surface area contributed by atoms with Crippen molar-refractivity contribution in [2.75, 3.05) is 0 Å². The zero-order valence-electron chi connectivity index (χ0n) is 17.6. The third-order valence-electron chi connectivity index (χ3n) is 4.51. The first kappa shape index (κ1) is 24.6. The molecule has 0 radical (unpaired) electrons. The molecule has 2 aromatic rings. The van der Waals surface area contributed by atoms with E-state index >= 15 is 0 Å². The van der Waals surface area contributed by atoms with Crippen molar-refractivity contribution in [3.63, 3.8) is 0 Å². The van der Waals surface area contributed by atoms with Gasteiger partial charge in [0.15, 0.2) is 0 Å². The first-order valence-corrected chi connectivity index (χ1v) is 11.7. The number of amides is 2. The maximum Gasteiger partial charge on any atom is 0.408 e. The summed E-state index contributed by atoms with van der Waals surface area (Å²) < 4.78 is 17.0. The molecule has 0 saturated heterocycles. The molecule has 9 heteroatoms. The maximum absolute atomic E-state index is 12.9. The van der Waals surface area contributed by atoms with Crippen LogP contribution in [0.25, 0.3) is 0 Å². The molecule has 0 aromatic heterocycles. The lowest BCUT2D eigenvalue weighted by atomic mass is 10.1. The van der Waals surface area contributed by atoms with Crippen LogP contribution in [0.15, 0.2) is 60.7 Å². The fraction of sp³-hybridized carbons (Fsp3) is 0.364. The van der Waals surface area contributed by atoms with Crippen molar-refractivity contribution in [2.24, 2.45) is 5.92 Å². The van der Waals surface area contributed by atoms with Crippen molar-refractivity contribution >= 4 is 19.6 Å². The second-order valence-corrected chi connectivity index (χ2v) is 9.49. The summed E-state index contributed by atoms with van der Waals surface area (Å²) >= 11 is 0. The molecule has 168 valence electrons. The SMILES string of the molecule is CC(C)C[C@@H](NC(=O)[C@H](Cc1ccccc1)NC(=O)OCc1ccccc1)P(=O)(O)O. The van der Waals surface area contributed by atoms with E-state index in [1.807, 2.05) is 24.3 Å². The van der Waals surface area contributed by atoms with Crippen LogP contribution in [0.2, 0.25) is 0 Å². The van der Waals surface area contributed by atoms with Crippen LogP contribution in [0.4, 0.5) is 4.79 Å². The molecule has 0 aliphatic rings. The summed E-state index contributed by atoms with van der Waals surface area (Å²) in [6, 6.07) is 17.0. The Kier molecular flexibility index (Phi) is 9.24. The smallest absolute Gasteiger partial charge is 0.408 e. The van der Waals surface area contributed by atoms with Gasteiger partial charge in [-0.25, -0.2) is 4.79 Å². The van der Waals surface area contributed by atoms with Crippen molar-refractivity contribution in [1.29, 1.82) is 0 Å². The monoisotopic (exact) mass is 448 g/mol. The van der Waals surface area contributed by atoms with E-state index in [2.05, 4.69) is 10.6 Å². The molecular formula is C22H29N2O6P. The average Bonchev–Trinajstić information content (AvgIpc) is 2.72. The highest BCUT2D eigenvalue weighted by Gasteiger charge is 2.33. The van der Waals surface area contributed by atoms with Crippen molar-refractivity contribution in [3.8, 4) is 0 Å². The van der Waals surface area contributed by atoms with E-state index in [0.717, 1.165) is 11.1 Å². The Hall–Kier alpha value is -2.67. The zero-order valence-corrected chi connectivity index (χ0v) is 18.5. The fourth-order valence-corrected chi connectivity index (χ4v) is 3.95. The van der Waals surface area contributed by atoms with Crippen LogP contribution in [0.3, 0.4) is 0 Å². The summed E-state index contributed by atoms with van der Waals surface area (Å²) in [6.07, 6.45) is -0.550. The van der Waals surface area contributed by atoms with Gasteiger partial charge in [0, 0.05) is 6.42 Å². The van der Waals surface area contributed by atoms with Gasteiger partial charge in [-0.1, -0.05) is 74.5 Å². The summed E-state index contributed by atoms with van der Waals surface area (Å²) in [7, 11) is -4.57. The molecule has 8 nitrogen and oxygen atoms in total. The molecule has 0 fully saturated rings. The van der Waals surface area contributed by atoms with Crippen LogP contribution < -0.4 is 10.6 Å². The van der Waals surface area contributed by atoms with Gasteiger partial charge in [0.25, 0.3) is 0 Å². The largest absolute Gasteiger partial charge is 0.445 e. The van der Waals surface area contributed by atoms with Crippen LogP contribution in [0.5, 0.6) is 0 Å². The molecule has 0 saturated carbocycles. The van der Waals surface area contributed by atoms with Gasteiger partial charge >= 0.3 is 13.7 Å². The molecule has 0 spiro atoms. The highest BCUT2D eigenvalue weighted by molar-refractivity contribution is 7.52. The molecule has 2 atom stereocenters. The minimum atomic E-state index is -4.57. The summed E-state index contributed by atoms with van der Waals surface area (Å²) in [4.78, 5) is 44.4. The molecule has 2 amide bonds. The second kappa shape index (κ2) is 11.6. The number of hydrogen-bond acceptors (Lipinski definition) is 4. The van der Waals surface area contributed by atoms with E-state index in [4.69, 9.17) is 4.74 Å². The van der Waals surface area contributed by atoms with Gasteiger partial charge in [0.2, 0.25) is 5.91 Å². The number of carbonyl (C=O) groups is 2. The van der Waals surface area contributed by atoms with Crippen LogP contribution in [0.1, 0.15) is 31.4 Å².